The van der Waals surface area contributed by atoms with E-state index in [2.05, 4.69) is 11.6 Å². The molecular weight excluding hydrogens is 388 g/mol. The fourth-order valence-corrected chi connectivity index (χ4v) is 3.59. The Balaban J connectivity index is 1.69. The Morgan fingerprint density at radius 2 is 1.61 bits per heavy atom. The minimum atomic E-state index is -0.397. The fourth-order valence-electron chi connectivity index (χ4n) is 3.59. The molecule has 0 spiro atoms. The molecule has 31 heavy (non-hydrogen) atoms. The van der Waals surface area contributed by atoms with E-state index in [1.54, 1.807) is 0 Å². The number of ether oxygens (including phenoxy) is 1. The maximum absolute atomic E-state index is 13.2. The van der Waals surface area contributed by atoms with Crippen molar-refractivity contribution in [3.05, 3.63) is 116 Å². The summed E-state index contributed by atoms with van der Waals surface area (Å²) in [6.07, 6.45) is 1.11. The summed E-state index contributed by atoms with van der Waals surface area (Å²) in [5.74, 6) is -0.00298. The second-order valence-corrected chi connectivity index (χ2v) is 8.07. The highest BCUT2D eigenvalue weighted by molar-refractivity contribution is 5.28. The minimum Gasteiger partial charge on any atom is -0.376 e. The van der Waals surface area contributed by atoms with Crippen LogP contribution in [0.1, 0.15) is 48.6 Å². The third kappa shape index (κ3) is 6.15. The molecule has 0 radical (unpaired) electrons. The molecule has 0 saturated heterocycles. The van der Waals surface area contributed by atoms with Gasteiger partial charge in [-0.1, -0.05) is 86.7 Å². The monoisotopic (exact) mass is 418 g/mol. The van der Waals surface area contributed by atoms with Gasteiger partial charge >= 0.3 is 5.69 Å². The largest absolute Gasteiger partial charge is 0.376 e. The Kier molecular flexibility index (Phi) is 7.79. The number of hydrogen-bond acceptors (Lipinski definition) is 3. The maximum Gasteiger partial charge on any atom is 0.328 e. The number of aromatic amines is 1. The van der Waals surface area contributed by atoms with E-state index in [-0.39, 0.29) is 18.0 Å². The van der Waals surface area contributed by atoms with Crippen LogP contribution in [0, 0.1) is 0 Å². The predicted molar refractivity (Wildman–Crippen MR) is 125 cm³/mol. The number of H-pyrrole nitrogens is 1. The third-order valence-electron chi connectivity index (χ3n) is 5.20. The molecule has 0 amide bonds. The number of hydrogen-bond donors (Lipinski definition) is 1. The minimum absolute atomic E-state index is 0.00298. The van der Waals surface area contributed by atoms with Gasteiger partial charge in [-0.15, -0.1) is 0 Å². The quantitative estimate of drug-likeness (QED) is 0.392. The van der Waals surface area contributed by atoms with Crippen LogP contribution < -0.4 is 11.2 Å². The molecule has 0 fully saturated rings. The van der Waals surface area contributed by atoms with Gasteiger partial charge in [0.25, 0.3) is 5.56 Å². The van der Waals surface area contributed by atoms with Gasteiger partial charge in [0.2, 0.25) is 0 Å². The summed E-state index contributed by atoms with van der Waals surface area (Å²) in [7, 11) is 0. The first-order valence-electron chi connectivity index (χ1n) is 10.6. The van der Waals surface area contributed by atoms with E-state index >= 15 is 0 Å². The molecule has 162 valence electrons. The number of benzene rings is 2. The van der Waals surface area contributed by atoms with E-state index in [1.165, 1.54) is 4.57 Å². The van der Waals surface area contributed by atoms with E-state index in [1.807, 2.05) is 74.5 Å². The van der Waals surface area contributed by atoms with Crippen molar-refractivity contribution < 1.29 is 4.74 Å². The molecule has 0 atom stereocenters. The Morgan fingerprint density at radius 1 is 1.00 bits per heavy atom. The van der Waals surface area contributed by atoms with Gasteiger partial charge in [-0.25, -0.2) is 4.79 Å². The molecule has 5 heteroatoms. The average molecular weight is 419 g/mol. The Bertz CT molecular complexity index is 1110. The molecule has 2 aromatic carbocycles. The second-order valence-electron chi connectivity index (χ2n) is 8.07. The lowest BCUT2D eigenvalue weighted by Crippen LogP contribution is -2.39. The van der Waals surface area contributed by atoms with Crippen LogP contribution in [0.5, 0.6) is 0 Å². The Morgan fingerprint density at radius 3 is 2.23 bits per heavy atom. The molecule has 1 N–H and O–H groups in total. The first-order chi connectivity index (χ1) is 15.0. The van der Waals surface area contributed by atoms with E-state index < -0.39 is 5.69 Å². The lowest BCUT2D eigenvalue weighted by Gasteiger charge is -2.16. The van der Waals surface area contributed by atoms with Gasteiger partial charge in [-0.05, 0) is 23.5 Å². The van der Waals surface area contributed by atoms with Crippen LogP contribution in [0.4, 0.5) is 0 Å². The van der Waals surface area contributed by atoms with Crippen molar-refractivity contribution in [1.82, 2.24) is 9.55 Å². The topological polar surface area (TPSA) is 64.1 Å². The number of rotatable bonds is 10. The van der Waals surface area contributed by atoms with Crippen molar-refractivity contribution in [2.45, 2.75) is 45.8 Å². The van der Waals surface area contributed by atoms with Crippen LogP contribution >= 0.6 is 0 Å². The van der Waals surface area contributed by atoms with Gasteiger partial charge in [0.1, 0.15) is 0 Å². The van der Waals surface area contributed by atoms with Gasteiger partial charge < -0.3 is 9.72 Å². The van der Waals surface area contributed by atoms with E-state index in [0.717, 1.165) is 16.7 Å². The first-order valence-corrected chi connectivity index (χ1v) is 10.6. The number of nitrogens with zero attached hydrogens (tertiary/aromatic N) is 1. The normalized spacial score (nSPS) is 11.1. The van der Waals surface area contributed by atoms with Gasteiger partial charge in [0.15, 0.2) is 0 Å². The molecule has 3 rings (SSSR count). The summed E-state index contributed by atoms with van der Waals surface area (Å²) in [6, 6.07) is 19.8. The van der Waals surface area contributed by atoms with Crippen LogP contribution in [-0.2, 0) is 24.3 Å². The molecule has 0 bridgehead atoms. The van der Waals surface area contributed by atoms with E-state index in [0.29, 0.717) is 37.3 Å². The zero-order chi connectivity index (χ0) is 22.2. The zero-order valence-corrected chi connectivity index (χ0v) is 18.3. The third-order valence-corrected chi connectivity index (χ3v) is 5.20. The van der Waals surface area contributed by atoms with Crippen molar-refractivity contribution in [2.75, 3.05) is 6.61 Å². The molecule has 5 nitrogen and oxygen atoms in total. The smallest absolute Gasteiger partial charge is 0.328 e. The first kappa shape index (κ1) is 22.5. The van der Waals surface area contributed by atoms with Gasteiger partial charge in [-0.3, -0.25) is 9.36 Å². The highest BCUT2D eigenvalue weighted by Crippen LogP contribution is 2.16. The summed E-state index contributed by atoms with van der Waals surface area (Å²) in [5.41, 5.74) is 3.64. The Hall–Kier alpha value is -3.18. The molecular formula is C26H30N2O3. The highest BCUT2D eigenvalue weighted by atomic mass is 16.5. The zero-order valence-electron chi connectivity index (χ0n) is 18.3. The maximum atomic E-state index is 13.2. The molecule has 0 unspecified atom stereocenters. The number of aromatic nitrogens is 2. The van der Waals surface area contributed by atoms with Crippen molar-refractivity contribution in [3.8, 4) is 0 Å². The van der Waals surface area contributed by atoms with Crippen molar-refractivity contribution in [2.24, 2.45) is 0 Å². The summed E-state index contributed by atoms with van der Waals surface area (Å²) in [5, 5.41) is 0. The molecule has 0 aliphatic heterocycles. The SMILES string of the molecule is C=C(CCOCc1ccccc1)Cn1c(=O)[nH]c(Cc2ccccc2)c(C(C)C)c1=O. The standard InChI is InChI=1S/C26H30N2O3/c1-19(2)24-23(16-21-10-6-4-7-11-21)27-26(30)28(25(24)29)17-20(3)14-15-31-18-22-12-8-5-9-13-22/h4-13,19H,3,14-18H2,1-2H3,(H,27,30). The highest BCUT2D eigenvalue weighted by Gasteiger charge is 2.17. The lowest BCUT2D eigenvalue weighted by molar-refractivity contribution is 0.123. The van der Waals surface area contributed by atoms with E-state index in [9.17, 15) is 9.59 Å². The summed E-state index contributed by atoms with van der Waals surface area (Å²) < 4.78 is 6.96. The second kappa shape index (κ2) is 10.7. The summed E-state index contributed by atoms with van der Waals surface area (Å²) >= 11 is 0. The Labute approximate surface area is 183 Å². The van der Waals surface area contributed by atoms with Crippen LogP contribution in [0.25, 0.3) is 0 Å². The van der Waals surface area contributed by atoms with Crippen molar-refractivity contribution in [1.29, 1.82) is 0 Å². The average Bonchev–Trinajstić information content (AvgIpc) is 2.75. The molecule has 1 aromatic heterocycles. The van der Waals surface area contributed by atoms with Crippen LogP contribution in [0.2, 0.25) is 0 Å². The van der Waals surface area contributed by atoms with Crippen LogP contribution in [0.15, 0.2) is 82.4 Å². The molecule has 0 aliphatic rings. The molecule has 1 heterocycles. The van der Waals surface area contributed by atoms with Crippen molar-refractivity contribution in [3.63, 3.8) is 0 Å². The van der Waals surface area contributed by atoms with Crippen LogP contribution in [0.3, 0.4) is 0 Å². The van der Waals surface area contributed by atoms with Gasteiger partial charge in [-0.2, -0.15) is 0 Å². The van der Waals surface area contributed by atoms with E-state index in [4.69, 9.17) is 4.74 Å². The predicted octanol–water partition coefficient (Wildman–Crippen LogP) is 4.41. The molecule has 0 saturated carbocycles. The molecule has 0 aliphatic carbocycles. The summed E-state index contributed by atoms with van der Waals surface area (Å²) in [4.78, 5) is 28.8. The van der Waals surface area contributed by atoms with Gasteiger partial charge in [0.05, 0.1) is 19.8 Å². The number of nitrogens with one attached hydrogen (secondary N) is 1. The fraction of sp³-hybridized carbons (Fsp3) is 0.308. The molecule has 3 aromatic rings. The van der Waals surface area contributed by atoms with Crippen molar-refractivity contribution >= 4 is 0 Å². The van der Waals surface area contributed by atoms with Crippen LogP contribution in [-0.4, -0.2) is 16.2 Å². The van der Waals surface area contributed by atoms with Gasteiger partial charge in [0, 0.05) is 17.7 Å². The summed E-state index contributed by atoms with van der Waals surface area (Å²) in [6.45, 7) is 9.20. The lowest BCUT2D eigenvalue weighted by atomic mass is 9.98.